The normalized spacial score (nSPS) is 19.2. The van der Waals surface area contributed by atoms with E-state index in [2.05, 4.69) is 10.0 Å². The molecule has 0 unspecified atom stereocenters. The molecule has 0 radical (unpaired) electrons. The van der Waals surface area contributed by atoms with Gasteiger partial charge in [-0.05, 0) is 45.9 Å². The minimum atomic E-state index is -3.08. The van der Waals surface area contributed by atoms with Gasteiger partial charge >= 0.3 is 0 Å². The first-order valence-electron chi connectivity index (χ1n) is 5.82. The molecular weight excluding hydrogens is 226 g/mol. The van der Waals surface area contributed by atoms with Crippen LogP contribution in [0.15, 0.2) is 0 Å². The zero-order chi connectivity index (χ0) is 12.0. The Morgan fingerprint density at radius 2 is 1.94 bits per heavy atom. The van der Waals surface area contributed by atoms with Crippen LogP contribution in [0.1, 0.15) is 12.8 Å². The lowest BCUT2D eigenvalue weighted by molar-refractivity contribution is 0.396. The number of piperidine rings is 1. The Labute approximate surface area is 98.6 Å². The largest absolute Gasteiger partial charge is 0.317 e. The molecule has 1 heterocycles. The summed E-state index contributed by atoms with van der Waals surface area (Å²) in [6.45, 7) is 3.13. The Morgan fingerprint density at radius 1 is 1.31 bits per heavy atom. The highest BCUT2D eigenvalue weighted by Crippen LogP contribution is 2.13. The van der Waals surface area contributed by atoms with Gasteiger partial charge < -0.3 is 10.2 Å². The number of rotatable bonds is 6. The van der Waals surface area contributed by atoms with Crippen LogP contribution in [0.3, 0.4) is 0 Å². The average Bonchev–Trinajstić information content (AvgIpc) is 2.17. The molecule has 0 saturated carbocycles. The maximum absolute atomic E-state index is 11.7. The van der Waals surface area contributed by atoms with Crippen molar-refractivity contribution in [2.45, 2.75) is 12.8 Å². The molecule has 0 amide bonds. The van der Waals surface area contributed by atoms with Crippen LogP contribution in [0.4, 0.5) is 0 Å². The monoisotopic (exact) mass is 249 g/mol. The molecule has 1 rings (SSSR count). The van der Waals surface area contributed by atoms with Gasteiger partial charge in [0, 0.05) is 13.1 Å². The minimum Gasteiger partial charge on any atom is -0.317 e. The molecule has 0 aliphatic carbocycles. The van der Waals surface area contributed by atoms with Gasteiger partial charge in [0.15, 0.2) is 0 Å². The first kappa shape index (κ1) is 13.9. The van der Waals surface area contributed by atoms with Gasteiger partial charge in [-0.1, -0.05) is 0 Å². The Bertz CT molecular complexity index is 284. The fourth-order valence-electron chi connectivity index (χ4n) is 1.84. The van der Waals surface area contributed by atoms with Gasteiger partial charge in [0.2, 0.25) is 10.0 Å². The van der Waals surface area contributed by atoms with E-state index in [-0.39, 0.29) is 5.75 Å². The van der Waals surface area contributed by atoms with E-state index >= 15 is 0 Å². The van der Waals surface area contributed by atoms with E-state index in [4.69, 9.17) is 0 Å². The Kier molecular flexibility index (Phi) is 5.68. The molecule has 1 aliphatic heterocycles. The predicted molar refractivity (Wildman–Crippen MR) is 65.9 cm³/mol. The summed E-state index contributed by atoms with van der Waals surface area (Å²) >= 11 is 0. The van der Waals surface area contributed by atoms with Gasteiger partial charge in [0.1, 0.15) is 0 Å². The zero-order valence-electron chi connectivity index (χ0n) is 10.2. The minimum absolute atomic E-state index is 0.280. The van der Waals surface area contributed by atoms with E-state index in [1.165, 1.54) is 0 Å². The molecule has 0 atom stereocenters. The average molecular weight is 249 g/mol. The summed E-state index contributed by atoms with van der Waals surface area (Å²) in [5.74, 6) is 0.598. The summed E-state index contributed by atoms with van der Waals surface area (Å²) in [6.07, 6.45) is 1.93. The number of sulfonamides is 1. The molecule has 0 aromatic heterocycles. The van der Waals surface area contributed by atoms with Gasteiger partial charge in [-0.25, -0.2) is 13.1 Å². The molecular formula is C10H23N3O2S. The molecule has 1 saturated heterocycles. The summed E-state index contributed by atoms with van der Waals surface area (Å²) in [6, 6.07) is 0. The third kappa shape index (κ3) is 5.79. The van der Waals surface area contributed by atoms with Crippen LogP contribution >= 0.6 is 0 Å². The Morgan fingerprint density at radius 3 is 2.50 bits per heavy atom. The second-order valence-corrected chi connectivity index (χ2v) is 6.52. The fourth-order valence-corrected chi connectivity index (χ4v) is 3.32. The van der Waals surface area contributed by atoms with E-state index in [0.29, 0.717) is 12.5 Å². The highest BCUT2D eigenvalue weighted by atomic mass is 32.2. The van der Waals surface area contributed by atoms with Crippen LogP contribution in [0, 0.1) is 5.92 Å². The molecule has 5 nitrogen and oxygen atoms in total. The van der Waals surface area contributed by atoms with Gasteiger partial charge in [-0.3, -0.25) is 0 Å². The van der Waals surface area contributed by atoms with Crippen LogP contribution < -0.4 is 10.0 Å². The van der Waals surface area contributed by atoms with Crippen LogP contribution in [0.5, 0.6) is 0 Å². The quantitative estimate of drug-likeness (QED) is 0.664. The van der Waals surface area contributed by atoms with Crippen LogP contribution in [-0.2, 0) is 10.0 Å². The lowest BCUT2D eigenvalue weighted by Gasteiger charge is -2.22. The van der Waals surface area contributed by atoms with Crippen LogP contribution in [0.2, 0.25) is 0 Å². The van der Waals surface area contributed by atoms with Crippen molar-refractivity contribution in [1.82, 2.24) is 14.9 Å². The maximum Gasteiger partial charge on any atom is 0.211 e. The molecule has 0 aromatic rings. The summed E-state index contributed by atoms with van der Waals surface area (Å²) in [5.41, 5.74) is 0. The highest BCUT2D eigenvalue weighted by Gasteiger charge is 2.20. The molecule has 96 valence electrons. The SMILES string of the molecule is CN(C)CCNS(=O)(=O)CC1CCNCC1. The standard InChI is InChI=1S/C10H23N3O2S/c1-13(2)8-7-12-16(14,15)9-10-3-5-11-6-4-10/h10-12H,3-9H2,1-2H3. The van der Waals surface area contributed by atoms with Crippen LogP contribution in [-0.4, -0.2) is 59.3 Å². The van der Waals surface area contributed by atoms with Crippen molar-refractivity contribution in [3.8, 4) is 0 Å². The lowest BCUT2D eigenvalue weighted by atomic mass is 10.0. The maximum atomic E-state index is 11.7. The fraction of sp³-hybridized carbons (Fsp3) is 1.00. The van der Waals surface area contributed by atoms with Gasteiger partial charge in [-0.2, -0.15) is 0 Å². The number of hydrogen-bond donors (Lipinski definition) is 2. The first-order valence-corrected chi connectivity index (χ1v) is 7.47. The van der Waals surface area contributed by atoms with Crippen molar-refractivity contribution in [3.63, 3.8) is 0 Å². The summed E-state index contributed by atoms with van der Waals surface area (Å²) in [4.78, 5) is 1.97. The van der Waals surface area contributed by atoms with Crippen molar-refractivity contribution >= 4 is 10.0 Å². The van der Waals surface area contributed by atoms with Crippen molar-refractivity contribution in [2.24, 2.45) is 5.92 Å². The summed E-state index contributed by atoms with van der Waals surface area (Å²) < 4.78 is 26.1. The predicted octanol–water partition coefficient (Wildman–Crippen LogP) is -0.533. The van der Waals surface area contributed by atoms with Gasteiger partial charge in [0.05, 0.1) is 5.75 Å². The summed E-state index contributed by atoms with van der Waals surface area (Å²) in [5, 5.41) is 3.24. The van der Waals surface area contributed by atoms with Crippen LogP contribution in [0.25, 0.3) is 0 Å². The zero-order valence-corrected chi connectivity index (χ0v) is 11.0. The van der Waals surface area contributed by atoms with Crippen molar-refractivity contribution in [2.75, 3.05) is 46.0 Å². The second kappa shape index (κ2) is 6.54. The van der Waals surface area contributed by atoms with Crippen molar-refractivity contribution < 1.29 is 8.42 Å². The van der Waals surface area contributed by atoms with Crippen molar-refractivity contribution in [3.05, 3.63) is 0 Å². The van der Waals surface area contributed by atoms with E-state index in [1.54, 1.807) is 0 Å². The number of hydrogen-bond acceptors (Lipinski definition) is 4. The number of nitrogens with zero attached hydrogens (tertiary/aromatic N) is 1. The van der Waals surface area contributed by atoms with Crippen molar-refractivity contribution in [1.29, 1.82) is 0 Å². The number of nitrogens with one attached hydrogen (secondary N) is 2. The topological polar surface area (TPSA) is 61.4 Å². The van der Waals surface area contributed by atoms with E-state index < -0.39 is 10.0 Å². The third-order valence-electron chi connectivity index (χ3n) is 2.79. The van der Waals surface area contributed by atoms with E-state index in [0.717, 1.165) is 32.5 Å². The molecule has 0 aromatic carbocycles. The third-order valence-corrected chi connectivity index (χ3v) is 4.35. The van der Waals surface area contributed by atoms with E-state index in [9.17, 15) is 8.42 Å². The second-order valence-electron chi connectivity index (χ2n) is 4.67. The smallest absolute Gasteiger partial charge is 0.211 e. The first-order chi connectivity index (χ1) is 7.49. The molecule has 1 aliphatic rings. The Hall–Kier alpha value is -0.170. The molecule has 0 bridgehead atoms. The Balaban J connectivity index is 2.27. The molecule has 0 spiro atoms. The summed E-state index contributed by atoms with van der Waals surface area (Å²) in [7, 11) is 0.782. The number of likely N-dealkylation sites (N-methyl/N-ethyl adjacent to an activating group) is 1. The molecule has 1 fully saturated rings. The van der Waals surface area contributed by atoms with Gasteiger partial charge in [-0.15, -0.1) is 0 Å². The van der Waals surface area contributed by atoms with Gasteiger partial charge in [0.25, 0.3) is 0 Å². The molecule has 16 heavy (non-hydrogen) atoms. The van der Waals surface area contributed by atoms with E-state index in [1.807, 2.05) is 19.0 Å². The lowest BCUT2D eigenvalue weighted by Crippen LogP contribution is -2.37. The highest BCUT2D eigenvalue weighted by molar-refractivity contribution is 7.89. The molecule has 2 N–H and O–H groups in total. The molecule has 6 heteroatoms.